The molecule has 1 atom stereocenters. The van der Waals surface area contributed by atoms with Crippen molar-refractivity contribution >= 4 is 5.91 Å². The Morgan fingerprint density at radius 3 is 2.52 bits per heavy atom. The Hall–Kier alpha value is -2.54. The van der Waals surface area contributed by atoms with E-state index in [9.17, 15) is 4.79 Å². The SMILES string of the molecule is Cc1cc(C(=O)N(C)C(C)CC#N)c(C)n1-c1cccc(C(C)C)c1. The highest BCUT2D eigenvalue weighted by molar-refractivity contribution is 5.96. The number of carbonyl (C=O) groups excluding carboxylic acids is 1. The summed E-state index contributed by atoms with van der Waals surface area (Å²) in [6, 6.07) is 12.4. The quantitative estimate of drug-likeness (QED) is 0.801. The minimum absolute atomic E-state index is 0.0397. The lowest BCUT2D eigenvalue weighted by molar-refractivity contribution is 0.0745. The summed E-state index contributed by atoms with van der Waals surface area (Å²) in [6.07, 6.45) is 0.331. The molecular weight excluding hydrogens is 310 g/mol. The van der Waals surface area contributed by atoms with Gasteiger partial charge in [0.25, 0.3) is 5.91 Å². The van der Waals surface area contributed by atoms with Crippen LogP contribution in [0.4, 0.5) is 0 Å². The highest BCUT2D eigenvalue weighted by Gasteiger charge is 2.22. The van der Waals surface area contributed by atoms with Crippen molar-refractivity contribution in [2.45, 2.75) is 53.0 Å². The Morgan fingerprint density at radius 2 is 1.92 bits per heavy atom. The topological polar surface area (TPSA) is 49.0 Å². The van der Waals surface area contributed by atoms with Crippen LogP contribution in [0.15, 0.2) is 30.3 Å². The van der Waals surface area contributed by atoms with Crippen molar-refractivity contribution in [3.05, 3.63) is 52.8 Å². The van der Waals surface area contributed by atoms with Crippen LogP contribution in [0.1, 0.15) is 60.4 Å². The zero-order chi connectivity index (χ0) is 18.7. The van der Waals surface area contributed by atoms with Gasteiger partial charge in [-0.2, -0.15) is 5.26 Å². The first-order valence-corrected chi connectivity index (χ1v) is 8.71. The molecule has 0 aliphatic rings. The molecule has 4 heteroatoms. The minimum Gasteiger partial charge on any atom is -0.338 e. The fourth-order valence-electron chi connectivity index (χ4n) is 3.06. The van der Waals surface area contributed by atoms with Crippen molar-refractivity contribution in [3.63, 3.8) is 0 Å². The summed E-state index contributed by atoms with van der Waals surface area (Å²) in [5.41, 5.74) is 5.01. The molecule has 4 nitrogen and oxygen atoms in total. The van der Waals surface area contributed by atoms with E-state index < -0.39 is 0 Å². The van der Waals surface area contributed by atoms with Crippen LogP contribution in [-0.2, 0) is 0 Å². The van der Waals surface area contributed by atoms with Gasteiger partial charge in [-0.05, 0) is 50.5 Å². The normalized spacial score (nSPS) is 12.1. The standard InChI is InChI=1S/C21H27N3O/c1-14(2)18-8-7-9-19(13-18)24-16(4)12-20(17(24)5)21(25)23(6)15(3)10-11-22/h7-9,12-15H,10H2,1-6H3. The van der Waals surface area contributed by atoms with E-state index in [0.29, 0.717) is 17.9 Å². The zero-order valence-electron chi connectivity index (χ0n) is 16.0. The summed E-state index contributed by atoms with van der Waals surface area (Å²) in [5.74, 6) is 0.414. The largest absolute Gasteiger partial charge is 0.338 e. The third kappa shape index (κ3) is 3.76. The minimum atomic E-state index is -0.107. The van der Waals surface area contributed by atoms with Crippen LogP contribution in [0.3, 0.4) is 0 Å². The second-order valence-electron chi connectivity index (χ2n) is 7.00. The maximum atomic E-state index is 12.9. The van der Waals surface area contributed by atoms with Gasteiger partial charge in [-0.1, -0.05) is 26.0 Å². The first-order valence-electron chi connectivity index (χ1n) is 8.71. The van der Waals surface area contributed by atoms with Crippen LogP contribution in [0, 0.1) is 25.2 Å². The molecule has 1 aromatic carbocycles. The monoisotopic (exact) mass is 337 g/mol. The maximum Gasteiger partial charge on any atom is 0.255 e. The van der Waals surface area contributed by atoms with Crippen molar-refractivity contribution in [3.8, 4) is 11.8 Å². The van der Waals surface area contributed by atoms with Crippen LogP contribution in [0.25, 0.3) is 5.69 Å². The highest BCUT2D eigenvalue weighted by Crippen LogP contribution is 2.25. The maximum absolute atomic E-state index is 12.9. The molecule has 1 heterocycles. The molecule has 2 rings (SSSR count). The number of hydrogen-bond acceptors (Lipinski definition) is 2. The predicted octanol–water partition coefficient (Wildman–Crippen LogP) is 4.59. The smallest absolute Gasteiger partial charge is 0.255 e. The van der Waals surface area contributed by atoms with Crippen LogP contribution < -0.4 is 0 Å². The lowest BCUT2D eigenvalue weighted by Crippen LogP contribution is -2.35. The number of hydrogen-bond donors (Lipinski definition) is 0. The van der Waals surface area contributed by atoms with E-state index in [0.717, 1.165) is 17.1 Å². The average molecular weight is 337 g/mol. The number of benzene rings is 1. The molecular formula is C21H27N3O. The summed E-state index contributed by atoms with van der Waals surface area (Å²) < 4.78 is 2.13. The number of aryl methyl sites for hydroxylation is 1. The Labute approximate surface area is 150 Å². The van der Waals surface area contributed by atoms with Gasteiger partial charge in [-0.3, -0.25) is 4.79 Å². The van der Waals surface area contributed by atoms with Gasteiger partial charge in [-0.25, -0.2) is 0 Å². The van der Waals surface area contributed by atoms with Crippen molar-refractivity contribution in [2.24, 2.45) is 0 Å². The van der Waals surface area contributed by atoms with Gasteiger partial charge in [0.15, 0.2) is 0 Å². The molecule has 0 N–H and O–H groups in total. The fourth-order valence-corrected chi connectivity index (χ4v) is 3.06. The van der Waals surface area contributed by atoms with Gasteiger partial charge in [0.2, 0.25) is 0 Å². The van der Waals surface area contributed by atoms with E-state index in [2.05, 4.69) is 48.7 Å². The van der Waals surface area contributed by atoms with Gasteiger partial charge in [0, 0.05) is 30.2 Å². The number of rotatable bonds is 5. The van der Waals surface area contributed by atoms with E-state index >= 15 is 0 Å². The van der Waals surface area contributed by atoms with Gasteiger partial charge >= 0.3 is 0 Å². The second-order valence-corrected chi connectivity index (χ2v) is 7.00. The average Bonchev–Trinajstić information content (AvgIpc) is 2.88. The number of aromatic nitrogens is 1. The van der Waals surface area contributed by atoms with Gasteiger partial charge in [0.1, 0.15) is 0 Å². The van der Waals surface area contributed by atoms with Crippen LogP contribution in [0.2, 0.25) is 0 Å². The van der Waals surface area contributed by atoms with Gasteiger partial charge in [0.05, 0.1) is 18.1 Å². The summed E-state index contributed by atoms with van der Waals surface area (Å²) in [4.78, 5) is 14.5. The molecule has 25 heavy (non-hydrogen) atoms. The van der Waals surface area contributed by atoms with Gasteiger partial charge in [-0.15, -0.1) is 0 Å². The zero-order valence-corrected chi connectivity index (χ0v) is 16.0. The fraction of sp³-hybridized carbons (Fsp3) is 0.429. The molecule has 2 aromatic rings. The molecule has 1 amide bonds. The number of amides is 1. The van der Waals surface area contributed by atoms with Crippen LogP contribution in [0.5, 0.6) is 0 Å². The van der Waals surface area contributed by atoms with E-state index in [1.165, 1.54) is 5.56 Å². The van der Waals surface area contributed by atoms with E-state index in [1.807, 2.05) is 26.8 Å². The summed E-state index contributed by atoms with van der Waals surface area (Å²) in [6.45, 7) is 10.2. The third-order valence-corrected chi connectivity index (χ3v) is 4.82. The number of nitriles is 1. The molecule has 1 aromatic heterocycles. The molecule has 0 aliphatic heterocycles. The van der Waals surface area contributed by atoms with E-state index in [1.54, 1.807) is 11.9 Å². The lowest BCUT2D eigenvalue weighted by Gasteiger charge is -2.23. The van der Waals surface area contributed by atoms with Crippen molar-refractivity contribution in [1.82, 2.24) is 9.47 Å². The van der Waals surface area contributed by atoms with E-state index in [4.69, 9.17) is 5.26 Å². The van der Waals surface area contributed by atoms with Crippen LogP contribution >= 0.6 is 0 Å². The Morgan fingerprint density at radius 1 is 1.24 bits per heavy atom. The predicted molar refractivity (Wildman–Crippen MR) is 101 cm³/mol. The Bertz CT molecular complexity index is 811. The molecule has 0 aliphatic carbocycles. The molecule has 1 unspecified atom stereocenters. The molecule has 0 spiro atoms. The molecule has 0 fully saturated rings. The molecule has 0 bridgehead atoms. The van der Waals surface area contributed by atoms with Crippen molar-refractivity contribution in [2.75, 3.05) is 7.05 Å². The summed E-state index contributed by atoms with van der Waals surface area (Å²) >= 11 is 0. The number of carbonyl (C=O) groups is 1. The second kappa shape index (κ2) is 7.57. The van der Waals surface area contributed by atoms with E-state index in [-0.39, 0.29) is 11.9 Å². The van der Waals surface area contributed by atoms with Crippen molar-refractivity contribution in [1.29, 1.82) is 5.26 Å². The Balaban J connectivity index is 2.44. The summed E-state index contributed by atoms with van der Waals surface area (Å²) in [5, 5.41) is 8.87. The van der Waals surface area contributed by atoms with Crippen LogP contribution in [-0.4, -0.2) is 28.5 Å². The van der Waals surface area contributed by atoms with Gasteiger partial charge < -0.3 is 9.47 Å². The molecule has 0 radical (unpaired) electrons. The molecule has 0 saturated heterocycles. The first-order chi connectivity index (χ1) is 11.8. The molecule has 0 saturated carbocycles. The first kappa shape index (κ1) is 18.8. The van der Waals surface area contributed by atoms with Crippen molar-refractivity contribution < 1.29 is 4.79 Å². The Kier molecular flexibility index (Phi) is 5.69. The number of nitrogens with zero attached hydrogens (tertiary/aromatic N) is 3. The highest BCUT2D eigenvalue weighted by atomic mass is 16.2. The lowest BCUT2D eigenvalue weighted by atomic mass is 10.0. The summed E-state index contributed by atoms with van der Waals surface area (Å²) in [7, 11) is 1.76. The third-order valence-electron chi connectivity index (χ3n) is 4.82. The molecule has 132 valence electrons.